The second kappa shape index (κ2) is 7.41. The van der Waals surface area contributed by atoms with E-state index in [1.807, 2.05) is 60.7 Å². The van der Waals surface area contributed by atoms with Crippen LogP contribution in [-0.2, 0) is 0 Å². The number of alkyl halides is 2. The Morgan fingerprint density at radius 1 is 0.852 bits per heavy atom. The van der Waals surface area contributed by atoms with Crippen molar-refractivity contribution in [3.8, 4) is 0 Å². The monoisotopic (exact) mass is 484 g/mol. The number of fused-ring (bicyclic) bond motifs is 3. The third-order valence-electron chi connectivity index (χ3n) is 4.53. The number of carbonyl (C=O) groups is 1. The average Bonchev–Trinajstić information content (AvgIpc) is 2.72. The molecule has 0 aliphatic carbocycles. The first-order valence-electron chi connectivity index (χ1n) is 8.39. The van der Waals surface area contributed by atoms with Gasteiger partial charge in [-0.3, -0.25) is 4.79 Å². The molecule has 1 heterocycles. The van der Waals surface area contributed by atoms with Crippen LogP contribution in [-0.4, -0.2) is 10.6 Å². The molecule has 4 rings (SSSR count). The fraction of sp³-hybridized carbons (Fsp3) is 0.0909. The Morgan fingerprint density at radius 2 is 1.56 bits per heavy atom. The predicted octanol–water partition coefficient (Wildman–Crippen LogP) is 6.03. The summed E-state index contributed by atoms with van der Waals surface area (Å²) >= 11 is 7.02. The second-order valence-electron chi connectivity index (χ2n) is 6.22. The van der Waals surface area contributed by atoms with Crippen molar-refractivity contribution in [3.63, 3.8) is 0 Å². The summed E-state index contributed by atoms with van der Waals surface area (Å²) in [6.07, 6.45) is 0. The first-order chi connectivity index (χ1) is 13.1. The lowest BCUT2D eigenvalue weighted by atomic mass is 10.0. The van der Waals surface area contributed by atoms with Gasteiger partial charge in [-0.05, 0) is 28.5 Å². The first kappa shape index (κ1) is 18.1. The highest BCUT2D eigenvalue weighted by molar-refractivity contribution is 9.12. The summed E-state index contributed by atoms with van der Waals surface area (Å²) in [5, 5.41) is 2.72. The van der Waals surface area contributed by atoms with Gasteiger partial charge in [0.05, 0.1) is 9.65 Å². The maximum atomic E-state index is 13.0. The van der Waals surface area contributed by atoms with Crippen LogP contribution in [0.2, 0.25) is 0 Å². The van der Waals surface area contributed by atoms with Crippen molar-refractivity contribution in [2.24, 2.45) is 0 Å². The molecule has 3 aromatic carbocycles. The molecule has 5 heteroatoms. The van der Waals surface area contributed by atoms with Gasteiger partial charge in [0.15, 0.2) is 5.78 Å². The predicted molar refractivity (Wildman–Crippen MR) is 115 cm³/mol. The maximum Gasteiger partial charge on any atom is 0.347 e. The molecular formula is C22H14Br2O3. The van der Waals surface area contributed by atoms with Crippen LogP contribution in [0.1, 0.15) is 20.7 Å². The second-order valence-corrected chi connectivity index (χ2v) is 8.20. The van der Waals surface area contributed by atoms with Crippen molar-refractivity contribution in [1.29, 1.82) is 0 Å². The van der Waals surface area contributed by atoms with Gasteiger partial charge in [0.1, 0.15) is 11.1 Å². The minimum absolute atomic E-state index is 0.0427. The normalized spacial score (nSPS) is 13.6. The van der Waals surface area contributed by atoms with Crippen molar-refractivity contribution >= 4 is 59.4 Å². The topological polar surface area (TPSA) is 47.3 Å². The van der Waals surface area contributed by atoms with E-state index in [0.29, 0.717) is 5.58 Å². The lowest BCUT2D eigenvalue weighted by Gasteiger charge is -2.16. The molecule has 0 aliphatic heterocycles. The van der Waals surface area contributed by atoms with Gasteiger partial charge in [0.2, 0.25) is 0 Å². The molecular weight excluding hydrogens is 472 g/mol. The molecule has 4 aromatic rings. The minimum Gasteiger partial charge on any atom is -0.422 e. The molecule has 3 nitrogen and oxygen atoms in total. The smallest absolute Gasteiger partial charge is 0.347 e. The Labute approximate surface area is 172 Å². The molecule has 0 amide bonds. The molecule has 1 aromatic heterocycles. The van der Waals surface area contributed by atoms with Crippen molar-refractivity contribution in [1.82, 2.24) is 0 Å². The number of carbonyl (C=O) groups excluding carboxylic acids is 1. The number of halogens is 2. The zero-order valence-corrected chi connectivity index (χ0v) is 17.2. The average molecular weight is 486 g/mol. The van der Waals surface area contributed by atoms with Crippen LogP contribution in [0.25, 0.3) is 21.7 Å². The highest BCUT2D eigenvalue weighted by Crippen LogP contribution is 2.33. The van der Waals surface area contributed by atoms with E-state index in [9.17, 15) is 9.59 Å². The van der Waals surface area contributed by atoms with E-state index in [0.717, 1.165) is 21.7 Å². The Morgan fingerprint density at radius 3 is 2.33 bits per heavy atom. The number of benzene rings is 3. The number of hydrogen-bond donors (Lipinski definition) is 0. The zero-order chi connectivity index (χ0) is 19.0. The van der Waals surface area contributed by atoms with Gasteiger partial charge >= 0.3 is 5.63 Å². The van der Waals surface area contributed by atoms with Crippen LogP contribution >= 0.6 is 31.9 Å². The third kappa shape index (κ3) is 3.37. The molecule has 134 valence electrons. The number of Topliss-reactive ketones (excluding diaryl/α,β-unsaturated/α-hetero) is 1. The lowest BCUT2D eigenvalue weighted by molar-refractivity contribution is 0.0987. The van der Waals surface area contributed by atoms with E-state index in [-0.39, 0.29) is 16.2 Å². The van der Waals surface area contributed by atoms with Gasteiger partial charge in [-0.1, -0.05) is 92.5 Å². The van der Waals surface area contributed by atoms with Gasteiger partial charge in [-0.2, -0.15) is 0 Å². The van der Waals surface area contributed by atoms with E-state index in [1.165, 1.54) is 0 Å². The lowest BCUT2D eigenvalue weighted by Crippen LogP contribution is -2.24. The third-order valence-corrected chi connectivity index (χ3v) is 7.24. The maximum absolute atomic E-state index is 13.0. The van der Waals surface area contributed by atoms with Crippen molar-refractivity contribution < 1.29 is 9.21 Å². The van der Waals surface area contributed by atoms with Gasteiger partial charge in [-0.25, -0.2) is 4.79 Å². The van der Waals surface area contributed by atoms with Crippen LogP contribution < -0.4 is 5.63 Å². The summed E-state index contributed by atoms with van der Waals surface area (Å²) in [5.41, 5.74) is 0.837. The van der Waals surface area contributed by atoms with Crippen molar-refractivity contribution in [2.75, 3.05) is 0 Å². The Bertz CT molecular complexity index is 1200. The van der Waals surface area contributed by atoms with Crippen molar-refractivity contribution in [2.45, 2.75) is 9.65 Å². The summed E-state index contributed by atoms with van der Waals surface area (Å²) in [6.45, 7) is 0. The Hall–Kier alpha value is -2.24. The fourth-order valence-electron chi connectivity index (χ4n) is 3.13. The first-order valence-corrected chi connectivity index (χ1v) is 10.2. The SMILES string of the molecule is O=C(c1cc2c(ccc3ccccc32)oc1=O)C(Br)C(Br)c1ccccc1. The van der Waals surface area contributed by atoms with Gasteiger partial charge in [0.25, 0.3) is 0 Å². The largest absolute Gasteiger partial charge is 0.422 e. The van der Waals surface area contributed by atoms with Crippen LogP contribution in [0.5, 0.6) is 0 Å². The number of hydrogen-bond acceptors (Lipinski definition) is 3. The Balaban J connectivity index is 1.80. The highest BCUT2D eigenvalue weighted by atomic mass is 79.9. The van der Waals surface area contributed by atoms with Gasteiger partial charge < -0.3 is 4.42 Å². The molecule has 0 radical (unpaired) electrons. The van der Waals surface area contributed by atoms with Gasteiger partial charge in [-0.15, -0.1) is 0 Å². The van der Waals surface area contributed by atoms with E-state index in [4.69, 9.17) is 4.42 Å². The molecule has 0 N–H and O–H groups in total. The highest BCUT2D eigenvalue weighted by Gasteiger charge is 2.28. The molecule has 2 unspecified atom stereocenters. The number of ketones is 1. The van der Waals surface area contributed by atoms with Crippen LogP contribution in [0.3, 0.4) is 0 Å². The summed E-state index contributed by atoms with van der Waals surface area (Å²) in [7, 11) is 0. The molecule has 0 saturated carbocycles. The molecule has 27 heavy (non-hydrogen) atoms. The summed E-state index contributed by atoms with van der Waals surface area (Å²) in [6, 6.07) is 22.7. The zero-order valence-electron chi connectivity index (χ0n) is 14.1. The fourth-order valence-corrected chi connectivity index (χ4v) is 4.23. The summed E-state index contributed by atoms with van der Waals surface area (Å²) < 4.78 is 5.45. The van der Waals surface area contributed by atoms with Gasteiger partial charge in [0, 0.05) is 5.39 Å². The van der Waals surface area contributed by atoms with Crippen LogP contribution in [0.15, 0.2) is 82.0 Å². The van der Waals surface area contributed by atoms with Crippen LogP contribution in [0.4, 0.5) is 0 Å². The Kier molecular flexibility index (Phi) is 4.98. The molecule has 2 atom stereocenters. The summed E-state index contributed by atoms with van der Waals surface area (Å²) in [4.78, 5) is 24.6. The quantitative estimate of drug-likeness (QED) is 0.153. The van der Waals surface area contributed by atoms with E-state index >= 15 is 0 Å². The molecule has 0 spiro atoms. The van der Waals surface area contributed by atoms with Crippen LogP contribution in [0, 0.1) is 0 Å². The van der Waals surface area contributed by atoms with Crippen molar-refractivity contribution in [3.05, 3.63) is 94.3 Å². The molecule has 0 saturated heterocycles. The minimum atomic E-state index is -0.625. The standard InChI is InChI=1S/C22H14Br2O3/c23-19(14-7-2-1-3-8-14)20(24)21(25)17-12-16-15-9-5-4-6-13(15)10-11-18(16)27-22(17)26/h1-12,19-20H. The van der Waals surface area contributed by atoms with E-state index in [2.05, 4.69) is 31.9 Å². The number of rotatable bonds is 4. The van der Waals surface area contributed by atoms with E-state index < -0.39 is 10.5 Å². The van der Waals surface area contributed by atoms with E-state index in [1.54, 1.807) is 12.1 Å². The molecule has 0 bridgehead atoms. The summed E-state index contributed by atoms with van der Waals surface area (Å²) in [5.74, 6) is -0.315. The molecule has 0 fully saturated rings. The molecule has 0 aliphatic rings.